The first kappa shape index (κ1) is 28.7. The van der Waals surface area contributed by atoms with Crippen LogP contribution in [0.15, 0.2) is 88.2 Å². The molecule has 1 atom stereocenters. The maximum atomic E-state index is 13.8. The highest BCUT2D eigenvalue weighted by Gasteiger charge is 2.32. The molecule has 0 aliphatic carbocycles. The third kappa shape index (κ3) is 7.56. The lowest BCUT2D eigenvalue weighted by atomic mass is 10.1. The first-order chi connectivity index (χ1) is 17.5. The van der Waals surface area contributed by atoms with Crippen molar-refractivity contribution in [2.24, 2.45) is 0 Å². The van der Waals surface area contributed by atoms with E-state index in [4.69, 9.17) is 11.6 Å². The number of benzene rings is 3. The third-order valence-electron chi connectivity index (χ3n) is 5.56. The van der Waals surface area contributed by atoms with E-state index in [1.807, 2.05) is 13.8 Å². The van der Waals surface area contributed by atoms with Crippen molar-refractivity contribution < 1.29 is 18.0 Å². The Morgan fingerprint density at radius 2 is 1.59 bits per heavy atom. The van der Waals surface area contributed by atoms with Crippen molar-refractivity contribution in [3.05, 3.63) is 93.9 Å². The van der Waals surface area contributed by atoms with E-state index in [0.717, 1.165) is 8.78 Å². The zero-order valence-corrected chi connectivity index (χ0v) is 23.9. The molecule has 37 heavy (non-hydrogen) atoms. The summed E-state index contributed by atoms with van der Waals surface area (Å²) in [6, 6.07) is 20.6. The Balaban J connectivity index is 2.01. The van der Waals surface area contributed by atoms with Gasteiger partial charge in [-0.05, 0) is 74.9 Å². The Labute approximate surface area is 231 Å². The second-order valence-corrected chi connectivity index (χ2v) is 12.0. The summed E-state index contributed by atoms with van der Waals surface area (Å²) >= 11 is 9.51. The van der Waals surface area contributed by atoms with E-state index in [0.29, 0.717) is 16.3 Å². The molecule has 0 radical (unpaired) electrons. The maximum absolute atomic E-state index is 13.8. The van der Waals surface area contributed by atoms with Gasteiger partial charge >= 0.3 is 0 Å². The minimum Gasteiger partial charge on any atom is -0.352 e. The van der Waals surface area contributed by atoms with Crippen LogP contribution in [0.4, 0.5) is 5.69 Å². The van der Waals surface area contributed by atoms with Crippen LogP contribution >= 0.6 is 27.5 Å². The van der Waals surface area contributed by atoms with E-state index in [1.54, 1.807) is 73.7 Å². The van der Waals surface area contributed by atoms with Crippen LogP contribution in [-0.2, 0) is 26.2 Å². The van der Waals surface area contributed by atoms with Crippen LogP contribution in [0.3, 0.4) is 0 Å². The lowest BCUT2D eigenvalue weighted by Crippen LogP contribution is -2.52. The van der Waals surface area contributed by atoms with Gasteiger partial charge in [-0.15, -0.1) is 0 Å². The van der Waals surface area contributed by atoms with Gasteiger partial charge < -0.3 is 10.2 Å². The number of carbonyl (C=O) groups excluding carboxylic acids is 2. The number of nitrogens with one attached hydrogen (secondary N) is 1. The van der Waals surface area contributed by atoms with Crippen molar-refractivity contribution in [1.82, 2.24) is 10.2 Å². The number of hydrogen-bond acceptors (Lipinski definition) is 4. The van der Waals surface area contributed by atoms with Gasteiger partial charge in [0.25, 0.3) is 10.0 Å². The van der Waals surface area contributed by atoms with E-state index >= 15 is 0 Å². The second-order valence-electron chi connectivity index (χ2n) is 8.79. The molecule has 3 aromatic rings. The quantitative estimate of drug-likeness (QED) is 0.342. The molecule has 3 aromatic carbocycles. The molecule has 0 saturated heterocycles. The molecular weight excluding hydrogens is 578 g/mol. The van der Waals surface area contributed by atoms with Crippen LogP contribution < -0.4 is 9.62 Å². The molecule has 0 aliphatic heterocycles. The van der Waals surface area contributed by atoms with Crippen molar-refractivity contribution in [3.63, 3.8) is 0 Å². The zero-order valence-electron chi connectivity index (χ0n) is 20.8. The number of halogens is 2. The summed E-state index contributed by atoms with van der Waals surface area (Å²) in [7, 11) is -4.09. The fourth-order valence-electron chi connectivity index (χ4n) is 3.68. The van der Waals surface area contributed by atoms with Crippen LogP contribution in [0.1, 0.15) is 26.3 Å². The van der Waals surface area contributed by atoms with E-state index in [2.05, 4.69) is 21.2 Å². The number of rotatable bonds is 10. The highest BCUT2D eigenvalue weighted by Crippen LogP contribution is 2.26. The average molecular weight is 607 g/mol. The lowest BCUT2D eigenvalue weighted by Gasteiger charge is -2.32. The van der Waals surface area contributed by atoms with Gasteiger partial charge in [0.2, 0.25) is 11.8 Å². The first-order valence-electron chi connectivity index (χ1n) is 11.7. The van der Waals surface area contributed by atoms with Gasteiger partial charge in [-0.1, -0.05) is 57.9 Å². The molecule has 0 aliphatic rings. The average Bonchev–Trinajstić information content (AvgIpc) is 2.86. The molecule has 0 fully saturated rings. The van der Waals surface area contributed by atoms with Crippen molar-refractivity contribution >= 4 is 55.1 Å². The van der Waals surface area contributed by atoms with Crippen molar-refractivity contribution in [2.45, 2.75) is 44.3 Å². The standard InChI is InChI=1S/C27H29BrClN3O4S/c1-19(2)30-27(34)20(3)31(17-21-8-7-9-23(29)16-21)26(33)18-32(24-14-12-22(28)13-15-24)37(35,36)25-10-5-4-6-11-25/h4-16,19-20H,17-18H2,1-3H3,(H,30,34). The van der Waals surface area contributed by atoms with Crippen LogP contribution in [0.25, 0.3) is 0 Å². The van der Waals surface area contributed by atoms with E-state index in [9.17, 15) is 18.0 Å². The lowest BCUT2D eigenvalue weighted by molar-refractivity contribution is -0.139. The van der Waals surface area contributed by atoms with Gasteiger partial charge in [0, 0.05) is 22.1 Å². The van der Waals surface area contributed by atoms with Gasteiger partial charge in [-0.3, -0.25) is 13.9 Å². The Morgan fingerprint density at radius 1 is 0.946 bits per heavy atom. The molecule has 0 aromatic heterocycles. The summed E-state index contributed by atoms with van der Waals surface area (Å²) < 4.78 is 29.2. The zero-order chi connectivity index (χ0) is 27.2. The van der Waals surface area contributed by atoms with Gasteiger partial charge in [-0.2, -0.15) is 0 Å². The summed E-state index contributed by atoms with van der Waals surface area (Å²) in [6.45, 7) is 4.85. The van der Waals surface area contributed by atoms with E-state index < -0.39 is 28.5 Å². The Hall–Kier alpha value is -2.88. The summed E-state index contributed by atoms with van der Waals surface area (Å²) in [5, 5.41) is 3.32. The summed E-state index contributed by atoms with van der Waals surface area (Å²) in [5.41, 5.74) is 1.04. The van der Waals surface area contributed by atoms with Gasteiger partial charge in [-0.25, -0.2) is 8.42 Å². The fraction of sp³-hybridized carbons (Fsp3) is 0.259. The summed E-state index contributed by atoms with van der Waals surface area (Å²) in [4.78, 5) is 28.1. The molecule has 0 bridgehead atoms. The molecule has 1 unspecified atom stereocenters. The molecule has 1 N–H and O–H groups in total. The molecule has 3 rings (SSSR count). The Morgan fingerprint density at radius 3 is 2.19 bits per heavy atom. The first-order valence-corrected chi connectivity index (χ1v) is 14.3. The molecule has 196 valence electrons. The number of sulfonamides is 1. The maximum Gasteiger partial charge on any atom is 0.264 e. The molecule has 0 spiro atoms. The highest BCUT2D eigenvalue weighted by molar-refractivity contribution is 9.10. The largest absolute Gasteiger partial charge is 0.352 e. The number of anilines is 1. The SMILES string of the molecule is CC(C)NC(=O)C(C)N(Cc1cccc(Cl)c1)C(=O)CN(c1ccc(Br)cc1)S(=O)(=O)c1ccccc1. The second kappa shape index (κ2) is 12.6. The summed E-state index contributed by atoms with van der Waals surface area (Å²) in [5.74, 6) is -0.875. The smallest absolute Gasteiger partial charge is 0.264 e. The molecule has 2 amide bonds. The molecule has 0 heterocycles. The monoisotopic (exact) mass is 605 g/mol. The number of carbonyl (C=O) groups is 2. The Bertz CT molecular complexity index is 1340. The van der Waals surface area contributed by atoms with Crippen LogP contribution in [0, 0.1) is 0 Å². The Kier molecular flexibility index (Phi) is 9.75. The number of nitrogens with zero attached hydrogens (tertiary/aromatic N) is 2. The highest BCUT2D eigenvalue weighted by atomic mass is 79.9. The van der Waals surface area contributed by atoms with Crippen molar-refractivity contribution in [2.75, 3.05) is 10.8 Å². The topological polar surface area (TPSA) is 86.8 Å². The van der Waals surface area contributed by atoms with Crippen LogP contribution in [0.2, 0.25) is 5.02 Å². The minimum atomic E-state index is -4.09. The van der Waals surface area contributed by atoms with Gasteiger partial charge in [0.15, 0.2) is 0 Å². The molecular formula is C27H29BrClN3O4S. The predicted octanol–water partition coefficient (Wildman–Crippen LogP) is 5.24. The molecule has 10 heteroatoms. The van der Waals surface area contributed by atoms with E-state index in [-0.39, 0.29) is 23.4 Å². The minimum absolute atomic E-state index is 0.0534. The predicted molar refractivity (Wildman–Crippen MR) is 150 cm³/mol. The molecule has 7 nitrogen and oxygen atoms in total. The number of amides is 2. The third-order valence-corrected chi connectivity index (χ3v) is 8.12. The normalized spacial score (nSPS) is 12.2. The fourth-order valence-corrected chi connectivity index (χ4v) is 5.59. The van der Waals surface area contributed by atoms with Crippen LogP contribution in [0.5, 0.6) is 0 Å². The summed E-state index contributed by atoms with van der Waals surface area (Å²) in [6.07, 6.45) is 0. The van der Waals surface area contributed by atoms with E-state index in [1.165, 1.54) is 17.0 Å². The van der Waals surface area contributed by atoms with Gasteiger partial charge in [0.1, 0.15) is 12.6 Å². The van der Waals surface area contributed by atoms with Gasteiger partial charge in [0.05, 0.1) is 10.6 Å². The van der Waals surface area contributed by atoms with Crippen LogP contribution in [-0.4, -0.2) is 43.8 Å². The van der Waals surface area contributed by atoms with Crippen molar-refractivity contribution in [1.29, 1.82) is 0 Å². The van der Waals surface area contributed by atoms with Crippen molar-refractivity contribution in [3.8, 4) is 0 Å². The number of hydrogen-bond donors (Lipinski definition) is 1. The molecule has 0 saturated carbocycles.